The zero-order chi connectivity index (χ0) is 25.0. The highest BCUT2D eigenvalue weighted by Crippen LogP contribution is 2.24. The molecule has 0 unspecified atom stereocenters. The van der Waals surface area contributed by atoms with Crippen LogP contribution in [0.2, 0.25) is 10.0 Å². The van der Waals surface area contributed by atoms with Crippen molar-refractivity contribution in [3.63, 3.8) is 0 Å². The fraction of sp³-hybridized carbons (Fsp3) is 0.238. The number of rotatable bonds is 8. The van der Waals surface area contributed by atoms with Crippen LogP contribution in [0.3, 0.4) is 0 Å². The van der Waals surface area contributed by atoms with E-state index in [1.54, 1.807) is 37.6 Å². The first-order valence-electron chi connectivity index (χ1n) is 9.89. The lowest BCUT2D eigenvalue weighted by Crippen LogP contribution is -2.28. The Hall–Kier alpha value is -3.15. The molecular weight excluding hydrogens is 503 g/mol. The first-order valence-corrected chi connectivity index (χ1v) is 11.6. The quantitative estimate of drug-likeness (QED) is 0.251. The van der Waals surface area contributed by atoms with Gasteiger partial charge in [0, 0.05) is 24.2 Å². The number of halogens is 2. The molecule has 0 aliphatic carbocycles. The van der Waals surface area contributed by atoms with Crippen LogP contribution < -0.4 is 10.6 Å². The van der Waals surface area contributed by atoms with Gasteiger partial charge in [-0.1, -0.05) is 41.0 Å². The van der Waals surface area contributed by atoms with E-state index in [9.17, 15) is 19.7 Å². The number of hydrogen-bond donors (Lipinski definition) is 2. The van der Waals surface area contributed by atoms with Crippen LogP contribution in [0, 0.1) is 17.0 Å². The van der Waals surface area contributed by atoms with Crippen LogP contribution >= 0.6 is 35.0 Å². The molecule has 3 rings (SSSR count). The van der Waals surface area contributed by atoms with Gasteiger partial charge in [-0.25, -0.2) is 0 Å². The van der Waals surface area contributed by atoms with Crippen molar-refractivity contribution in [2.45, 2.75) is 25.0 Å². The van der Waals surface area contributed by atoms with Gasteiger partial charge in [0.1, 0.15) is 0 Å². The molecule has 0 aliphatic heterocycles. The summed E-state index contributed by atoms with van der Waals surface area (Å²) in [4.78, 5) is 35.4. The maximum atomic E-state index is 12.6. The molecule has 13 heteroatoms. The van der Waals surface area contributed by atoms with E-state index in [2.05, 4.69) is 20.8 Å². The molecule has 2 aromatic carbocycles. The van der Waals surface area contributed by atoms with Crippen molar-refractivity contribution in [3.8, 4) is 0 Å². The van der Waals surface area contributed by atoms with Crippen LogP contribution in [0.5, 0.6) is 0 Å². The lowest BCUT2D eigenvalue weighted by Gasteiger charge is -2.14. The number of carbonyl (C=O) groups excluding carboxylic acids is 2. The van der Waals surface area contributed by atoms with Crippen molar-refractivity contribution in [1.29, 1.82) is 0 Å². The number of amides is 2. The van der Waals surface area contributed by atoms with Crippen molar-refractivity contribution in [1.82, 2.24) is 20.1 Å². The number of nitrogens with one attached hydrogen (secondary N) is 2. The summed E-state index contributed by atoms with van der Waals surface area (Å²) in [5.41, 5.74) is 1.25. The smallest absolute Gasteiger partial charge is 0.271 e. The Balaban J connectivity index is 1.62. The summed E-state index contributed by atoms with van der Waals surface area (Å²) in [6, 6.07) is 8.36. The molecule has 0 fully saturated rings. The number of hydrogen-bond acceptors (Lipinski definition) is 7. The second kappa shape index (κ2) is 10.9. The second-order valence-electron chi connectivity index (χ2n) is 7.31. The number of nitro benzene ring substituents is 1. The minimum atomic E-state index is -0.522. The number of aryl methyl sites for hydroxylation is 1. The highest BCUT2D eigenvalue weighted by atomic mass is 35.5. The molecule has 0 radical (unpaired) electrons. The minimum absolute atomic E-state index is 0.00915. The monoisotopic (exact) mass is 522 g/mol. The third-order valence-corrected chi connectivity index (χ3v) is 6.39. The fourth-order valence-corrected chi connectivity index (χ4v) is 4.23. The van der Waals surface area contributed by atoms with E-state index in [0.717, 1.165) is 11.8 Å². The SMILES string of the molecule is Cc1ccc([N+](=O)[O-])cc1NC(=O)CSc1nnc([C@@H](C)NC(=O)c2ccc(Cl)cc2Cl)n1C. The van der Waals surface area contributed by atoms with Crippen LogP contribution in [-0.2, 0) is 11.8 Å². The molecule has 0 saturated carbocycles. The van der Waals surface area contributed by atoms with E-state index >= 15 is 0 Å². The van der Waals surface area contributed by atoms with Gasteiger partial charge < -0.3 is 15.2 Å². The fourth-order valence-electron chi connectivity index (χ4n) is 3.02. The molecule has 1 heterocycles. The predicted molar refractivity (Wildman–Crippen MR) is 131 cm³/mol. The molecule has 0 aliphatic rings. The Morgan fingerprint density at radius 1 is 1.21 bits per heavy atom. The molecule has 2 amide bonds. The van der Waals surface area contributed by atoms with Crippen LogP contribution in [0.15, 0.2) is 41.6 Å². The van der Waals surface area contributed by atoms with E-state index < -0.39 is 16.9 Å². The summed E-state index contributed by atoms with van der Waals surface area (Å²) in [5.74, 6) is -0.249. The summed E-state index contributed by atoms with van der Waals surface area (Å²) < 4.78 is 1.67. The van der Waals surface area contributed by atoms with Gasteiger partial charge >= 0.3 is 0 Å². The molecule has 1 aromatic heterocycles. The summed E-state index contributed by atoms with van der Waals surface area (Å²) in [5, 5.41) is 25.8. The number of non-ortho nitro benzene ring substituents is 1. The van der Waals surface area contributed by atoms with Crippen molar-refractivity contribution in [2.75, 3.05) is 11.1 Å². The Bertz CT molecular complexity index is 1270. The molecule has 2 N–H and O–H groups in total. The van der Waals surface area contributed by atoms with E-state index in [1.165, 1.54) is 24.3 Å². The van der Waals surface area contributed by atoms with Crippen LogP contribution in [0.25, 0.3) is 0 Å². The van der Waals surface area contributed by atoms with Gasteiger partial charge in [-0.2, -0.15) is 0 Å². The Kier molecular flexibility index (Phi) is 8.13. The molecule has 3 aromatic rings. The second-order valence-corrected chi connectivity index (χ2v) is 9.10. The molecule has 0 spiro atoms. The third kappa shape index (κ3) is 6.04. The van der Waals surface area contributed by atoms with Gasteiger partial charge in [0.2, 0.25) is 5.91 Å². The standard InChI is InChI=1S/C21H20Cl2N6O4S/c1-11-4-6-14(29(32)33)9-17(11)25-18(30)10-34-21-27-26-19(28(21)3)12(2)24-20(31)15-7-5-13(22)8-16(15)23/h4-9,12H,10H2,1-3H3,(H,24,31)(H,25,30)/t12-/m1/s1. The lowest BCUT2D eigenvalue weighted by molar-refractivity contribution is -0.384. The molecule has 178 valence electrons. The maximum absolute atomic E-state index is 12.6. The number of anilines is 1. The Morgan fingerprint density at radius 2 is 1.94 bits per heavy atom. The van der Waals surface area contributed by atoms with Crippen LogP contribution in [-0.4, -0.2) is 37.3 Å². The zero-order valence-corrected chi connectivity index (χ0v) is 20.7. The molecule has 10 nitrogen and oxygen atoms in total. The summed E-state index contributed by atoms with van der Waals surface area (Å²) in [6.07, 6.45) is 0. The highest BCUT2D eigenvalue weighted by Gasteiger charge is 2.20. The van der Waals surface area contributed by atoms with E-state index in [1.807, 2.05) is 0 Å². The third-order valence-electron chi connectivity index (χ3n) is 4.82. The zero-order valence-electron chi connectivity index (χ0n) is 18.3. The molecular formula is C21H20Cl2N6O4S. The van der Waals surface area contributed by atoms with E-state index in [4.69, 9.17) is 23.2 Å². The van der Waals surface area contributed by atoms with Crippen molar-refractivity contribution in [2.24, 2.45) is 7.05 Å². The summed E-state index contributed by atoms with van der Waals surface area (Å²) in [6.45, 7) is 3.49. The Labute approximate surface area is 209 Å². The Morgan fingerprint density at radius 3 is 2.62 bits per heavy atom. The first kappa shape index (κ1) is 25.5. The van der Waals surface area contributed by atoms with Gasteiger partial charge in [-0.15, -0.1) is 10.2 Å². The van der Waals surface area contributed by atoms with Gasteiger partial charge in [0.25, 0.3) is 11.6 Å². The lowest BCUT2D eigenvalue weighted by atomic mass is 10.2. The number of carbonyl (C=O) groups is 2. The highest BCUT2D eigenvalue weighted by molar-refractivity contribution is 7.99. The number of aromatic nitrogens is 3. The van der Waals surface area contributed by atoms with E-state index in [0.29, 0.717) is 27.3 Å². The first-order chi connectivity index (χ1) is 16.1. The number of benzene rings is 2. The van der Waals surface area contributed by atoms with Gasteiger partial charge in [-0.3, -0.25) is 19.7 Å². The average Bonchev–Trinajstić information content (AvgIpc) is 3.13. The average molecular weight is 523 g/mol. The predicted octanol–water partition coefficient (Wildman–Crippen LogP) is 4.56. The van der Waals surface area contributed by atoms with Gasteiger partial charge in [0.15, 0.2) is 11.0 Å². The van der Waals surface area contributed by atoms with Gasteiger partial charge in [0.05, 0.1) is 33.0 Å². The summed E-state index contributed by atoms with van der Waals surface area (Å²) in [7, 11) is 1.72. The molecule has 34 heavy (non-hydrogen) atoms. The van der Waals surface area contributed by atoms with Crippen molar-refractivity contribution in [3.05, 3.63) is 73.5 Å². The molecule has 0 saturated heterocycles. The number of nitro groups is 1. The molecule has 0 bridgehead atoms. The van der Waals surface area contributed by atoms with Gasteiger partial charge in [-0.05, 0) is 37.6 Å². The maximum Gasteiger partial charge on any atom is 0.271 e. The summed E-state index contributed by atoms with van der Waals surface area (Å²) >= 11 is 13.1. The minimum Gasteiger partial charge on any atom is -0.342 e. The van der Waals surface area contributed by atoms with E-state index in [-0.39, 0.29) is 27.9 Å². The van der Waals surface area contributed by atoms with Crippen molar-refractivity contribution >= 4 is 58.2 Å². The number of nitrogens with zero attached hydrogens (tertiary/aromatic N) is 4. The van der Waals surface area contributed by atoms with Crippen LogP contribution in [0.1, 0.15) is 34.7 Å². The van der Waals surface area contributed by atoms with Crippen LogP contribution in [0.4, 0.5) is 11.4 Å². The van der Waals surface area contributed by atoms with Crippen molar-refractivity contribution < 1.29 is 14.5 Å². The topological polar surface area (TPSA) is 132 Å². The number of thioether (sulfide) groups is 1. The largest absolute Gasteiger partial charge is 0.342 e. The normalized spacial score (nSPS) is 11.7. The molecule has 1 atom stereocenters.